The molecular weight excluding hydrogens is 246 g/mol. The molecule has 2 heteroatoms. The third-order valence-electron chi connectivity index (χ3n) is 3.71. The molecule has 0 aliphatic rings. The third-order valence-corrected chi connectivity index (χ3v) is 3.71. The van der Waals surface area contributed by atoms with Gasteiger partial charge in [0.05, 0.1) is 6.61 Å². The van der Waals surface area contributed by atoms with Gasteiger partial charge in [-0.05, 0) is 42.5 Å². The lowest BCUT2D eigenvalue weighted by Gasteiger charge is -2.17. The molecule has 0 bridgehead atoms. The molecule has 0 radical (unpaired) electrons. The van der Waals surface area contributed by atoms with E-state index in [1.807, 2.05) is 18.2 Å². The molecule has 2 aromatic carbocycles. The van der Waals surface area contributed by atoms with Crippen molar-refractivity contribution in [3.8, 4) is 0 Å². The van der Waals surface area contributed by atoms with E-state index >= 15 is 0 Å². The minimum atomic E-state index is 0.0963. The lowest BCUT2D eigenvalue weighted by Crippen LogP contribution is -2.34. The van der Waals surface area contributed by atoms with Gasteiger partial charge >= 0.3 is 0 Å². The van der Waals surface area contributed by atoms with Crippen LogP contribution in [0.1, 0.15) is 22.3 Å². The monoisotopic (exact) mass is 269 g/mol. The van der Waals surface area contributed by atoms with Crippen molar-refractivity contribution in [3.63, 3.8) is 0 Å². The molecule has 0 aromatic heterocycles. The summed E-state index contributed by atoms with van der Waals surface area (Å²) >= 11 is 0. The molecule has 0 saturated carbocycles. The topological polar surface area (TPSA) is 32.3 Å². The van der Waals surface area contributed by atoms with Crippen LogP contribution in [0.15, 0.2) is 48.5 Å². The molecule has 2 N–H and O–H groups in total. The number of aliphatic hydroxyl groups is 1. The van der Waals surface area contributed by atoms with Crippen LogP contribution in [0, 0.1) is 13.8 Å². The van der Waals surface area contributed by atoms with Crippen molar-refractivity contribution in [1.29, 1.82) is 0 Å². The summed E-state index contributed by atoms with van der Waals surface area (Å²) in [6, 6.07) is 16.9. The smallest absolute Gasteiger partial charge is 0.0587 e. The van der Waals surface area contributed by atoms with E-state index in [0.717, 1.165) is 13.0 Å². The van der Waals surface area contributed by atoms with Crippen LogP contribution in [0.4, 0.5) is 0 Å². The fourth-order valence-electron chi connectivity index (χ4n) is 2.28. The average molecular weight is 269 g/mol. The Bertz CT molecular complexity index is 536. The van der Waals surface area contributed by atoms with E-state index in [1.165, 1.54) is 22.3 Å². The van der Waals surface area contributed by atoms with Gasteiger partial charge in [-0.2, -0.15) is 0 Å². The SMILES string of the molecule is Cc1ccc(CN[C@H](CO)Cc2ccccc2)cc1C. The minimum Gasteiger partial charge on any atom is -0.395 e. The number of rotatable bonds is 6. The summed E-state index contributed by atoms with van der Waals surface area (Å²) in [6.07, 6.45) is 0.849. The number of nitrogens with one attached hydrogen (secondary N) is 1. The Morgan fingerprint density at radius 1 is 0.950 bits per heavy atom. The first-order chi connectivity index (χ1) is 9.69. The first-order valence-electron chi connectivity index (χ1n) is 7.13. The van der Waals surface area contributed by atoms with Gasteiger partial charge in [0, 0.05) is 12.6 Å². The van der Waals surface area contributed by atoms with Crippen molar-refractivity contribution >= 4 is 0 Å². The summed E-state index contributed by atoms with van der Waals surface area (Å²) in [6.45, 7) is 5.20. The molecule has 0 fully saturated rings. The number of aliphatic hydroxyl groups excluding tert-OH is 1. The standard InChI is InChI=1S/C18H23NO/c1-14-8-9-17(10-15(14)2)12-19-18(13-20)11-16-6-4-3-5-7-16/h3-10,18-20H,11-13H2,1-2H3/t18-/m0/s1. The maximum atomic E-state index is 9.50. The Labute approximate surface area is 121 Å². The molecule has 106 valence electrons. The first kappa shape index (κ1) is 14.8. The van der Waals surface area contributed by atoms with Crippen molar-refractivity contribution in [1.82, 2.24) is 5.32 Å². The molecule has 0 spiro atoms. The second kappa shape index (κ2) is 7.22. The van der Waals surface area contributed by atoms with Gasteiger partial charge < -0.3 is 10.4 Å². The van der Waals surface area contributed by atoms with Crippen molar-refractivity contribution in [2.24, 2.45) is 0 Å². The van der Waals surface area contributed by atoms with Crippen LogP contribution in [0.5, 0.6) is 0 Å². The largest absolute Gasteiger partial charge is 0.395 e. The predicted octanol–water partition coefficient (Wildman–Crippen LogP) is 3.00. The first-order valence-corrected chi connectivity index (χ1v) is 7.13. The Balaban J connectivity index is 1.92. The highest BCUT2D eigenvalue weighted by Crippen LogP contribution is 2.10. The summed E-state index contributed by atoms with van der Waals surface area (Å²) < 4.78 is 0. The van der Waals surface area contributed by atoms with Gasteiger partial charge in [-0.1, -0.05) is 48.5 Å². The summed E-state index contributed by atoms with van der Waals surface area (Å²) in [4.78, 5) is 0. The van der Waals surface area contributed by atoms with Gasteiger partial charge in [-0.25, -0.2) is 0 Å². The van der Waals surface area contributed by atoms with Crippen LogP contribution in [0.2, 0.25) is 0 Å². The van der Waals surface area contributed by atoms with Gasteiger partial charge in [-0.3, -0.25) is 0 Å². The molecule has 2 rings (SSSR count). The molecule has 0 saturated heterocycles. The van der Waals surface area contributed by atoms with Gasteiger partial charge in [0.15, 0.2) is 0 Å². The summed E-state index contributed by atoms with van der Waals surface area (Å²) in [5.41, 5.74) is 5.14. The van der Waals surface area contributed by atoms with Crippen LogP contribution in [0.3, 0.4) is 0 Å². The van der Waals surface area contributed by atoms with E-state index in [1.54, 1.807) is 0 Å². The van der Waals surface area contributed by atoms with Crippen molar-refractivity contribution < 1.29 is 5.11 Å². The van der Waals surface area contributed by atoms with Gasteiger partial charge in [0.25, 0.3) is 0 Å². The maximum Gasteiger partial charge on any atom is 0.0587 e. The molecule has 2 aromatic rings. The lowest BCUT2D eigenvalue weighted by atomic mass is 10.0. The Morgan fingerprint density at radius 3 is 2.35 bits per heavy atom. The van der Waals surface area contributed by atoms with Crippen LogP contribution in [-0.4, -0.2) is 17.8 Å². The molecular formula is C18H23NO. The van der Waals surface area contributed by atoms with Crippen molar-refractivity contribution in [2.45, 2.75) is 32.9 Å². The predicted molar refractivity (Wildman–Crippen MR) is 83.8 cm³/mol. The second-order valence-electron chi connectivity index (χ2n) is 5.37. The number of benzene rings is 2. The van der Waals surface area contributed by atoms with Crippen LogP contribution in [-0.2, 0) is 13.0 Å². The Kier molecular flexibility index (Phi) is 5.33. The molecule has 0 amide bonds. The number of hydrogen-bond donors (Lipinski definition) is 2. The van der Waals surface area contributed by atoms with Crippen molar-refractivity contribution in [3.05, 3.63) is 70.8 Å². The zero-order valence-electron chi connectivity index (χ0n) is 12.3. The lowest BCUT2D eigenvalue weighted by molar-refractivity contribution is 0.241. The van der Waals surface area contributed by atoms with E-state index < -0.39 is 0 Å². The van der Waals surface area contributed by atoms with Gasteiger partial charge in [0.2, 0.25) is 0 Å². The van der Waals surface area contributed by atoms with Crippen LogP contribution in [0.25, 0.3) is 0 Å². The van der Waals surface area contributed by atoms with E-state index in [2.05, 4.69) is 49.5 Å². The molecule has 0 unspecified atom stereocenters. The van der Waals surface area contributed by atoms with Gasteiger partial charge in [0.1, 0.15) is 0 Å². The average Bonchev–Trinajstić information content (AvgIpc) is 2.48. The van der Waals surface area contributed by atoms with Crippen molar-refractivity contribution in [2.75, 3.05) is 6.61 Å². The summed E-state index contributed by atoms with van der Waals surface area (Å²) in [5, 5.41) is 12.9. The second-order valence-corrected chi connectivity index (χ2v) is 5.37. The highest BCUT2D eigenvalue weighted by Gasteiger charge is 2.08. The number of hydrogen-bond acceptors (Lipinski definition) is 2. The molecule has 2 nitrogen and oxygen atoms in total. The minimum absolute atomic E-state index is 0.0963. The highest BCUT2D eigenvalue weighted by molar-refractivity contribution is 5.29. The molecule has 1 atom stereocenters. The number of aryl methyl sites for hydroxylation is 2. The maximum absolute atomic E-state index is 9.50. The zero-order chi connectivity index (χ0) is 14.4. The fourth-order valence-corrected chi connectivity index (χ4v) is 2.28. The highest BCUT2D eigenvalue weighted by atomic mass is 16.3. The van der Waals surface area contributed by atoms with E-state index in [9.17, 15) is 5.11 Å². The molecule has 20 heavy (non-hydrogen) atoms. The Morgan fingerprint density at radius 2 is 1.70 bits per heavy atom. The summed E-state index contributed by atoms with van der Waals surface area (Å²) in [5.74, 6) is 0. The fraction of sp³-hybridized carbons (Fsp3) is 0.333. The Hall–Kier alpha value is -1.64. The third kappa shape index (κ3) is 4.19. The van der Waals surface area contributed by atoms with Crippen LogP contribution < -0.4 is 5.32 Å². The summed E-state index contributed by atoms with van der Waals surface area (Å²) in [7, 11) is 0. The molecule has 0 aliphatic carbocycles. The van der Waals surface area contributed by atoms with Crippen LogP contribution >= 0.6 is 0 Å². The zero-order valence-corrected chi connectivity index (χ0v) is 12.3. The molecule has 0 heterocycles. The van der Waals surface area contributed by atoms with E-state index in [0.29, 0.717) is 0 Å². The van der Waals surface area contributed by atoms with Gasteiger partial charge in [-0.15, -0.1) is 0 Å². The quantitative estimate of drug-likeness (QED) is 0.845. The normalized spacial score (nSPS) is 12.3. The molecule has 0 aliphatic heterocycles. The van der Waals surface area contributed by atoms with E-state index in [4.69, 9.17) is 0 Å². The van der Waals surface area contributed by atoms with E-state index in [-0.39, 0.29) is 12.6 Å².